The first-order valence-electron chi connectivity index (χ1n) is 6.68. The number of nitrogens with two attached hydrogens (primary N) is 1. The molecule has 4 nitrogen and oxygen atoms in total. The molecule has 1 aromatic rings. The number of rotatable bonds is 9. The van der Waals surface area contributed by atoms with E-state index in [1.807, 2.05) is 12.1 Å². The molecule has 0 aromatic heterocycles. The molecular weight excluding hydrogens is 242 g/mol. The summed E-state index contributed by atoms with van der Waals surface area (Å²) in [5.74, 6) is 0.854. The fraction of sp³-hybridized carbons (Fsp3) is 0.533. The number of ketones is 1. The van der Waals surface area contributed by atoms with Gasteiger partial charge in [-0.3, -0.25) is 4.79 Å². The number of hydrogen-bond donors (Lipinski definition) is 1. The van der Waals surface area contributed by atoms with E-state index >= 15 is 0 Å². The minimum atomic E-state index is -0.150. The molecule has 0 aliphatic rings. The Bertz CT molecular complexity index is 375. The molecule has 1 unspecified atom stereocenters. The van der Waals surface area contributed by atoms with Gasteiger partial charge < -0.3 is 15.2 Å². The molecule has 2 N–H and O–H groups in total. The number of ether oxygens (including phenoxy) is 2. The van der Waals surface area contributed by atoms with Gasteiger partial charge in [-0.2, -0.15) is 0 Å². The summed E-state index contributed by atoms with van der Waals surface area (Å²) in [4.78, 5) is 12.0. The average Bonchev–Trinajstić information content (AvgIpc) is 2.43. The maximum Gasteiger partial charge on any atom is 0.164 e. The molecule has 0 spiro atoms. The lowest BCUT2D eigenvalue weighted by Crippen LogP contribution is -2.25. The predicted octanol–water partition coefficient (Wildman–Crippen LogP) is 2.41. The molecule has 19 heavy (non-hydrogen) atoms. The summed E-state index contributed by atoms with van der Waals surface area (Å²) in [5.41, 5.74) is 6.55. The Kier molecular flexibility index (Phi) is 7.15. The van der Waals surface area contributed by atoms with Crippen molar-refractivity contribution in [3.05, 3.63) is 29.8 Å². The van der Waals surface area contributed by atoms with E-state index in [0.29, 0.717) is 31.6 Å². The normalized spacial score (nSPS) is 12.2. The molecule has 0 aliphatic heterocycles. The standard InChI is InChI=1S/C15H23NO3/c1-3-9-19-14-6-4-12(5-7-14)15(17)11-13(16)8-10-18-2/h4-7,13H,3,8-11,16H2,1-2H3. The molecule has 0 radical (unpaired) electrons. The fourth-order valence-corrected chi connectivity index (χ4v) is 1.68. The summed E-state index contributed by atoms with van der Waals surface area (Å²) in [5, 5.41) is 0. The fourth-order valence-electron chi connectivity index (χ4n) is 1.68. The molecule has 106 valence electrons. The maximum absolute atomic E-state index is 12.0. The summed E-state index contributed by atoms with van der Waals surface area (Å²) in [6.45, 7) is 3.33. The molecule has 1 rings (SSSR count). The Morgan fingerprint density at radius 1 is 1.26 bits per heavy atom. The van der Waals surface area contributed by atoms with Crippen molar-refractivity contribution in [3.8, 4) is 5.75 Å². The van der Waals surface area contributed by atoms with Crippen molar-refractivity contribution in [2.24, 2.45) is 5.73 Å². The van der Waals surface area contributed by atoms with Crippen LogP contribution < -0.4 is 10.5 Å². The number of methoxy groups -OCH3 is 1. The molecule has 0 bridgehead atoms. The highest BCUT2D eigenvalue weighted by atomic mass is 16.5. The SMILES string of the molecule is CCCOc1ccc(C(=O)CC(N)CCOC)cc1. The van der Waals surface area contributed by atoms with Crippen molar-refractivity contribution in [2.45, 2.75) is 32.2 Å². The molecule has 1 atom stereocenters. The van der Waals surface area contributed by atoms with Crippen LogP contribution in [0.25, 0.3) is 0 Å². The topological polar surface area (TPSA) is 61.5 Å². The summed E-state index contributed by atoms with van der Waals surface area (Å²) in [7, 11) is 1.63. The van der Waals surface area contributed by atoms with Gasteiger partial charge in [0.15, 0.2) is 5.78 Å². The average molecular weight is 265 g/mol. The van der Waals surface area contributed by atoms with Gasteiger partial charge in [-0.25, -0.2) is 0 Å². The molecule has 4 heteroatoms. The number of Topliss-reactive ketones (excluding diaryl/α,β-unsaturated/α-hetero) is 1. The van der Waals surface area contributed by atoms with Crippen LogP contribution in [0.4, 0.5) is 0 Å². The van der Waals surface area contributed by atoms with E-state index in [-0.39, 0.29) is 11.8 Å². The number of benzene rings is 1. The van der Waals surface area contributed by atoms with Crippen molar-refractivity contribution < 1.29 is 14.3 Å². The quantitative estimate of drug-likeness (QED) is 0.696. The molecule has 0 saturated carbocycles. The number of carbonyl (C=O) groups excluding carboxylic acids is 1. The largest absolute Gasteiger partial charge is 0.494 e. The minimum absolute atomic E-state index is 0.0608. The van der Waals surface area contributed by atoms with E-state index in [1.54, 1.807) is 19.2 Å². The molecule has 0 saturated heterocycles. The van der Waals surface area contributed by atoms with Gasteiger partial charge in [0.05, 0.1) is 6.61 Å². The summed E-state index contributed by atoms with van der Waals surface area (Å²) >= 11 is 0. The van der Waals surface area contributed by atoms with E-state index in [9.17, 15) is 4.79 Å². The highest BCUT2D eigenvalue weighted by Gasteiger charge is 2.11. The summed E-state index contributed by atoms with van der Waals surface area (Å²) in [6, 6.07) is 7.07. The van der Waals surface area contributed by atoms with Crippen LogP contribution in [-0.4, -0.2) is 32.1 Å². The van der Waals surface area contributed by atoms with Crippen LogP contribution in [0, 0.1) is 0 Å². The first kappa shape index (κ1) is 15.7. The third kappa shape index (κ3) is 5.85. The second kappa shape index (κ2) is 8.67. The zero-order valence-corrected chi connectivity index (χ0v) is 11.7. The highest BCUT2D eigenvalue weighted by Crippen LogP contribution is 2.14. The zero-order chi connectivity index (χ0) is 14.1. The van der Waals surface area contributed by atoms with Crippen molar-refractivity contribution in [1.29, 1.82) is 0 Å². The van der Waals surface area contributed by atoms with Gasteiger partial charge in [-0.1, -0.05) is 6.92 Å². The van der Waals surface area contributed by atoms with Crippen LogP contribution in [0.3, 0.4) is 0 Å². The maximum atomic E-state index is 12.0. The third-order valence-electron chi connectivity index (χ3n) is 2.79. The van der Waals surface area contributed by atoms with Gasteiger partial charge in [0.1, 0.15) is 5.75 Å². The van der Waals surface area contributed by atoms with Gasteiger partial charge in [-0.15, -0.1) is 0 Å². The molecule has 0 aliphatic carbocycles. The first-order valence-corrected chi connectivity index (χ1v) is 6.68. The lowest BCUT2D eigenvalue weighted by atomic mass is 10.0. The van der Waals surface area contributed by atoms with Gasteiger partial charge in [0, 0.05) is 31.7 Å². The van der Waals surface area contributed by atoms with Crippen LogP contribution in [-0.2, 0) is 4.74 Å². The van der Waals surface area contributed by atoms with Gasteiger partial charge in [-0.05, 0) is 37.1 Å². The van der Waals surface area contributed by atoms with Crippen molar-refractivity contribution in [1.82, 2.24) is 0 Å². The van der Waals surface area contributed by atoms with Crippen LogP contribution in [0.15, 0.2) is 24.3 Å². The predicted molar refractivity (Wildman–Crippen MR) is 75.6 cm³/mol. The Labute approximate surface area is 114 Å². The molecule has 0 fully saturated rings. The molecule has 0 amide bonds. The van der Waals surface area contributed by atoms with Crippen molar-refractivity contribution in [3.63, 3.8) is 0 Å². The monoisotopic (exact) mass is 265 g/mol. The first-order chi connectivity index (χ1) is 9.17. The van der Waals surface area contributed by atoms with Crippen LogP contribution >= 0.6 is 0 Å². The minimum Gasteiger partial charge on any atom is -0.494 e. The van der Waals surface area contributed by atoms with Gasteiger partial charge in [0.2, 0.25) is 0 Å². The lowest BCUT2D eigenvalue weighted by molar-refractivity contribution is 0.0967. The summed E-state index contributed by atoms with van der Waals surface area (Å²) in [6.07, 6.45) is 2.01. The van der Waals surface area contributed by atoms with Gasteiger partial charge >= 0.3 is 0 Å². The van der Waals surface area contributed by atoms with Gasteiger partial charge in [0.25, 0.3) is 0 Å². The second-order valence-corrected chi connectivity index (χ2v) is 4.54. The van der Waals surface area contributed by atoms with Crippen LogP contribution in [0.2, 0.25) is 0 Å². The van der Waals surface area contributed by atoms with E-state index < -0.39 is 0 Å². The number of carbonyl (C=O) groups is 1. The Morgan fingerprint density at radius 2 is 1.95 bits per heavy atom. The number of hydrogen-bond acceptors (Lipinski definition) is 4. The third-order valence-corrected chi connectivity index (χ3v) is 2.79. The molecule has 1 aromatic carbocycles. The van der Waals surface area contributed by atoms with Crippen molar-refractivity contribution >= 4 is 5.78 Å². The van der Waals surface area contributed by atoms with Crippen LogP contribution in [0.1, 0.15) is 36.5 Å². The highest BCUT2D eigenvalue weighted by molar-refractivity contribution is 5.96. The molecule has 0 heterocycles. The van der Waals surface area contributed by atoms with E-state index in [2.05, 4.69) is 6.92 Å². The smallest absolute Gasteiger partial charge is 0.164 e. The van der Waals surface area contributed by atoms with E-state index in [4.69, 9.17) is 15.2 Å². The Hall–Kier alpha value is -1.39. The Morgan fingerprint density at radius 3 is 2.53 bits per heavy atom. The van der Waals surface area contributed by atoms with Crippen molar-refractivity contribution in [2.75, 3.05) is 20.3 Å². The molecular formula is C15H23NO3. The van der Waals surface area contributed by atoms with E-state index in [0.717, 1.165) is 12.2 Å². The Balaban J connectivity index is 2.48. The van der Waals surface area contributed by atoms with E-state index in [1.165, 1.54) is 0 Å². The zero-order valence-electron chi connectivity index (χ0n) is 11.7. The second-order valence-electron chi connectivity index (χ2n) is 4.54. The lowest BCUT2D eigenvalue weighted by Gasteiger charge is -2.10. The van der Waals surface area contributed by atoms with Crippen LogP contribution in [0.5, 0.6) is 5.75 Å². The summed E-state index contributed by atoms with van der Waals surface area (Å²) < 4.78 is 10.4.